The molecule has 0 radical (unpaired) electrons. The number of fused-ring (bicyclic) bond motifs is 1. The third-order valence-corrected chi connectivity index (χ3v) is 2.62. The molecule has 0 aliphatic rings. The van der Waals surface area contributed by atoms with Crippen LogP contribution >= 0.6 is 0 Å². The predicted octanol–water partition coefficient (Wildman–Crippen LogP) is 1.30. The van der Waals surface area contributed by atoms with Gasteiger partial charge < -0.3 is 4.74 Å². The minimum Gasteiger partial charge on any atom is -0.480 e. The Morgan fingerprint density at radius 1 is 1.44 bits per heavy atom. The van der Waals surface area contributed by atoms with Crippen molar-refractivity contribution in [3.05, 3.63) is 36.0 Å². The molecular formula is C13H15N3O2. The summed E-state index contributed by atoms with van der Waals surface area (Å²) in [4.78, 5) is 15.8. The molecule has 0 spiro atoms. The Hall–Kier alpha value is -2.14. The number of hydrogen-bond acceptors (Lipinski definition) is 4. The Bertz CT molecular complexity index is 583. The van der Waals surface area contributed by atoms with Gasteiger partial charge in [0.2, 0.25) is 0 Å². The molecule has 0 saturated heterocycles. The van der Waals surface area contributed by atoms with Crippen LogP contribution in [0.5, 0.6) is 5.75 Å². The van der Waals surface area contributed by atoms with Gasteiger partial charge in [-0.3, -0.25) is 15.2 Å². The lowest BCUT2D eigenvalue weighted by molar-refractivity contribution is -0.127. The third-order valence-electron chi connectivity index (χ3n) is 2.62. The number of aromatic nitrogens is 1. The summed E-state index contributed by atoms with van der Waals surface area (Å²) in [6.07, 6.45) is -0.653. The van der Waals surface area contributed by atoms with Gasteiger partial charge in [0.1, 0.15) is 5.75 Å². The highest BCUT2D eigenvalue weighted by Crippen LogP contribution is 2.25. The van der Waals surface area contributed by atoms with Crippen LogP contribution in [-0.4, -0.2) is 17.0 Å². The number of amides is 1. The molecule has 0 fully saturated rings. The normalized spacial score (nSPS) is 12.2. The monoisotopic (exact) mass is 245 g/mol. The first kappa shape index (κ1) is 12.3. The van der Waals surface area contributed by atoms with Crippen molar-refractivity contribution in [1.29, 1.82) is 0 Å². The zero-order valence-corrected chi connectivity index (χ0v) is 10.3. The van der Waals surface area contributed by atoms with Gasteiger partial charge in [-0.25, -0.2) is 5.84 Å². The standard InChI is InChI=1S/C13H15N3O2/c1-8-7-12(18-9(2)13(17)16-14)10-5-3-4-6-11(10)15-8/h3-7,9H,14H2,1-2H3,(H,16,17)/t9-/m1/s1. The maximum Gasteiger partial charge on any atom is 0.274 e. The van der Waals surface area contributed by atoms with Crippen molar-refractivity contribution in [1.82, 2.24) is 10.4 Å². The number of ether oxygens (including phenoxy) is 1. The number of aryl methyl sites for hydroxylation is 1. The molecular weight excluding hydrogens is 230 g/mol. The van der Waals surface area contributed by atoms with Crippen LogP contribution in [0.1, 0.15) is 12.6 Å². The quantitative estimate of drug-likeness (QED) is 0.485. The number of pyridine rings is 1. The zero-order valence-electron chi connectivity index (χ0n) is 10.3. The molecule has 0 bridgehead atoms. The number of para-hydroxylation sites is 1. The molecule has 1 heterocycles. The Morgan fingerprint density at radius 3 is 2.89 bits per heavy atom. The second-order valence-electron chi connectivity index (χ2n) is 4.05. The van der Waals surface area contributed by atoms with E-state index in [9.17, 15) is 4.79 Å². The van der Waals surface area contributed by atoms with Crippen LogP contribution in [0, 0.1) is 6.92 Å². The summed E-state index contributed by atoms with van der Waals surface area (Å²) in [7, 11) is 0. The van der Waals surface area contributed by atoms with Crippen molar-refractivity contribution in [3.8, 4) is 5.75 Å². The largest absolute Gasteiger partial charge is 0.480 e. The minimum atomic E-state index is -0.653. The van der Waals surface area contributed by atoms with Gasteiger partial charge in [-0.15, -0.1) is 0 Å². The molecule has 5 heteroatoms. The molecule has 0 saturated carbocycles. The summed E-state index contributed by atoms with van der Waals surface area (Å²) in [6, 6.07) is 9.43. The fourth-order valence-electron chi connectivity index (χ4n) is 1.73. The fourth-order valence-corrected chi connectivity index (χ4v) is 1.73. The number of hydrogen-bond donors (Lipinski definition) is 2. The van der Waals surface area contributed by atoms with Crippen molar-refractivity contribution in [2.45, 2.75) is 20.0 Å². The minimum absolute atomic E-state index is 0.367. The van der Waals surface area contributed by atoms with Crippen LogP contribution < -0.4 is 16.0 Å². The first-order chi connectivity index (χ1) is 8.61. The van der Waals surface area contributed by atoms with Crippen LogP contribution in [0.15, 0.2) is 30.3 Å². The first-order valence-corrected chi connectivity index (χ1v) is 5.65. The van der Waals surface area contributed by atoms with Crippen molar-refractivity contribution >= 4 is 16.8 Å². The number of hydrazine groups is 1. The SMILES string of the molecule is Cc1cc(O[C@H](C)C(=O)NN)c2ccccc2n1. The smallest absolute Gasteiger partial charge is 0.274 e. The van der Waals surface area contributed by atoms with Gasteiger partial charge in [-0.2, -0.15) is 0 Å². The van der Waals surface area contributed by atoms with Crippen molar-refractivity contribution in [2.24, 2.45) is 5.84 Å². The molecule has 1 aromatic heterocycles. The van der Waals surface area contributed by atoms with E-state index in [0.29, 0.717) is 5.75 Å². The predicted molar refractivity (Wildman–Crippen MR) is 68.9 cm³/mol. The van der Waals surface area contributed by atoms with Crippen molar-refractivity contribution < 1.29 is 9.53 Å². The summed E-state index contributed by atoms with van der Waals surface area (Å²) in [5.41, 5.74) is 3.75. The highest BCUT2D eigenvalue weighted by Gasteiger charge is 2.15. The fraction of sp³-hybridized carbons (Fsp3) is 0.231. The van der Waals surface area contributed by atoms with E-state index in [1.807, 2.05) is 37.3 Å². The molecule has 0 unspecified atom stereocenters. The molecule has 1 aromatic carbocycles. The second-order valence-corrected chi connectivity index (χ2v) is 4.05. The van der Waals surface area contributed by atoms with Gasteiger partial charge in [-0.1, -0.05) is 12.1 Å². The molecule has 0 aliphatic heterocycles. The number of benzene rings is 1. The van der Waals surface area contributed by atoms with Crippen LogP contribution in [0.25, 0.3) is 10.9 Å². The maximum atomic E-state index is 11.4. The average molecular weight is 245 g/mol. The third kappa shape index (κ3) is 2.41. The van der Waals surface area contributed by atoms with Gasteiger partial charge in [0.25, 0.3) is 5.91 Å². The van der Waals surface area contributed by atoms with Gasteiger partial charge in [0, 0.05) is 17.1 Å². The lowest BCUT2D eigenvalue weighted by Crippen LogP contribution is -2.40. The molecule has 1 amide bonds. The van der Waals surface area contributed by atoms with E-state index in [4.69, 9.17) is 10.6 Å². The molecule has 0 aliphatic carbocycles. The van der Waals surface area contributed by atoms with E-state index in [-0.39, 0.29) is 5.91 Å². The Labute approximate surface area is 105 Å². The lowest BCUT2D eigenvalue weighted by Gasteiger charge is -2.15. The zero-order chi connectivity index (χ0) is 13.1. The lowest BCUT2D eigenvalue weighted by atomic mass is 10.2. The molecule has 1 atom stereocenters. The van der Waals surface area contributed by atoms with E-state index in [1.54, 1.807) is 6.92 Å². The highest BCUT2D eigenvalue weighted by atomic mass is 16.5. The highest BCUT2D eigenvalue weighted by molar-refractivity contribution is 5.86. The molecule has 3 N–H and O–H groups in total. The van der Waals surface area contributed by atoms with E-state index >= 15 is 0 Å². The number of nitrogens with one attached hydrogen (secondary N) is 1. The number of carbonyl (C=O) groups is 1. The molecule has 2 aromatic rings. The summed E-state index contributed by atoms with van der Waals surface area (Å²) in [5, 5.41) is 0.875. The summed E-state index contributed by atoms with van der Waals surface area (Å²) < 4.78 is 5.63. The van der Waals surface area contributed by atoms with E-state index in [2.05, 4.69) is 10.4 Å². The van der Waals surface area contributed by atoms with Crippen molar-refractivity contribution in [2.75, 3.05) is 0 Å². The van der Waals surface area contributed by atoms with Gasteiger partial charge >= 0.3 is 0 Å². The van der Waals surface area contributed by atoms with E-state index in [0.717, 1.165) is 16.6 Å². The van der Waals surface area contributed by atoms with E-state index in [1.165, 1.54) is 0 Å². The van der Waals surface area contributed by atoms with Crippen LogP contribution in [0.4, 0.5) is 0 Å². The average Bonchev–Trinajstić information content (AvgIpc) is 2.37. The Balaban J connectivity index is 2.41. The van der Waals surface area contributed by atoms with E-state index < -0.39 is 6.10 Å². The molecule has 18 heavy (non-hydrogen) atoms. The van der Waals surface area contributed by atoms with Crippen molar-refractivity contribution in [3.63, 3.8) is 0 Å². The van der Waals surface area contributed by atoms with Crippen LogP contribution in [-0.2, 0) is 4.79 Å². The Morgan fingerprint density at radius 2 is 2.17 bits per heavy atom. The summed E-state index contributed by atoms with van der Waals surface area (Å²) in [6.45, 7) is 3.53. The number of nitrogens with zero attached hydrogens (tertiary/aromatic N) is 1. The second kappa shape index (κ2) is 5.01. The maximum absolute atomic E-state index is 11.4. The molecule has 94 valence electrons. The number of nitrogens with two attached hydrogens (primary N) is 1. The number of carbonyl (C=O) groups excluding carboxylic acids is 1. The van der Waals surface area contributed by atoms with Gasteiger partial charge in [-0.05, 0) is 26.0 Å². The van der Waals surface area contributed by atoms with Gasteiger partial charge in [0.05, 0.1) is 5.52 Å². The van der Waals surface area contributed by atoms with Crippen LogP contribution in [0.2, 0.25) is 0 Å². The first-order valence-electron chi connectivity index (χ1n) is 5.65. The van der Waals surface area contributed by atoms with Crippen LogP contribution in [0.3, 0.4) is 0 Å². The Kier molecular flexibility index (Phi) is 3.43. The topological polar surface area (TPSA) is 77.2 Å². The molecule has 5 nitrogen and oxygen atoms in total. The number of rotatable bonds is 3. The molecule has 2 rings (SSSR count). The summed E-state index contributed by atoms with van der Waals surface area (Å²) in [5.74, 6) is 5.34. The summed E-state index contributed by atoms with van der Waals surface area (Å²) >= 11 is 0. The van der Waals surface area contributed by atoms with Gasteiger partial charge in [0.15, 0.2) is 6.10 Å².